The minimum atomic E-state index is -0.225. The van der Waals surface area contributed by atoms with Gasteiger partial charge in [-0.15, -0.1) is 0 Å². The van der Waals surface area contributed by atoms with E-state index in [1.807, 2.05) is 18.2 Å². The van der Waals surface area contributed by atoms with E-state index in [1.165, 1.54) is 44.6 Å². The summed E-state index contributed by atoms with van der Waals surface area (Å²) in [4.78, 5) is 5.17. The molecule has 0 saturated carbocycles. The van der Waals surface area contributed by atoms with Crippen LogP contribution >= 0.6 is 0 Å². The summed E-state index contributed by atoms with van der Waals surface area (Å²) in [5.74, 6) is 1.08. The molecule has 1 N–H and O–H groups in total. The van der Waals surface area contributed by atoms with Crippen LogP contribution in [0.5, 0.6) is 0 Å². The number of nitrogens with zero attached hydrogens (tertiary/aromatic N) is 2. The molecule has 0 spiro atoms. The van der Waals surface area contributed by atoms with Gasteiger partial charge in [-0.25, -0.2) is 8.78 Å². The van der Waals surface area contributed by atoms with Gasteiger partial charge in [0, 0.05) is 65.8 Å². The number of nitrogens with one attached hydrogen (secondary N) is 1. The van der Waals surface area contributed by atoms with Crippen molar-refractivity contribution < 1.29 is 23.0 Å². The number of benzene rings is 2. The van der Waals surface area contributed by atoms with Crippen LogP contribution in [0.1, 0.15) is 86.8 Å². The van der Waals surface area contributed by atoms with Gasteiger partial charge in [-0.1, -0.05) is 30.3 Å². The zero-order chi connectivity index (χ0) is 32.8. The van der Waals surface area contributed by atoms with Gasteiger partial charge in [0.05, 0.1) is 32.5 Å². The molecule has 0 amide bonds. The first kappa shape index (κ1) is 33.2. The molecule has 48 heavy (non-hydrogen) atoms. The average molecular weight is 664 g/mol. The second-order valence-corrected chi connectivity index (χ2v) is 16.2. The Morgan fingerprint density at radius 3 is 2.23 bits per heavy atom. The number of hydrogen-bond donors (Lipinski definition) is 1. The summed E-state index contributed by atoms with van der Waals surface area (Å²) >= 11 is 0. The maximum Gasteiger partial charge on any atom is 0.128 e. The molecule has 2 aromatic carbocycles. The SMILES string of the molecule is CN1C2CCC1CC(COC1C(COCc3cc(C4C(COCc5ccccc5F)CC5CCC4N5)ccc3F)CC3CCC1N3C)C2. The molecule has 6 heterocycles. The predicted octanol–water partition coefficient (Wildman–Crippen LogP) is 6.66. The van der Waals surface area contributed by atoms with Gasteiger partial charge in [0.2, 0.25) is 0 Å². The third-order valence-electron chi connectivity index (χ3n) is 13.4. The van der Waals surface area contributed by atoms with Crippen molar-refractivity contribution in [1.82, 2.24) is 15.1 Å². The molecule has 2 aromatic rings. The Morgan fingerprint density at radius 1 is 0.708 bits per heavy atom. The number of ether oxygens (including phenoxy) is 3. The highest BCUT2D eigenvalue weighted by molar-refractivity contribution is 5.31. The summed E-state index contributed by atoms with van der Waals surface area (Å²) in [6, 6.07) is 15.8. The van der Waals surface area contributed by atoms with E-state index in [2.05, 4.69) is 29.2 Å². The lowest BCUT2D eigenvalue weighted by molar-refractivity contribution is -0.104. The molecule has 8 rings (SSSR count). The van der Waals surface area contributed by atoms with Gasteiger partial charge >= 0.3 is 0 Å². The van der Waals surface area contributed by atoms with E-state index in [-0.39, 0.29) is 36.9 Å². The van der Waals surface area contributed by atoms with Crippen LogP contribution in [0.25, 0.3) is 0 Å². The van der Waals surface area contributed by atoms with Crippen LogP contribution in [0.3, 0.4) is 0 Å². The Labute approximate surface area is 285 Å². The molecule has 6 bridgehead atoms. The van der Waals surface area contributed by atoms with Crippen molar-refractivity contribution in [3.8, 4) is 0 Å². The molecule has 0 radical (unpaired) electrons. The van der Waals surface area contributed by atoms with Crippen molar-refractivity contribution in [3.63, 3.8) is 0 Å². The molecule has 0 aromatic heterocycles. The van der Waals surface area contributed by atoms with E-state index in [4.69, 9.17) is 14.2 Å². The standard InChI is InChI=1S/C40H55F2N3O3/c1-44-32-9-10-33(44)16-25(15-32)20-48-40-30(19-34-11-14-38(40)45(34)2)24-47-22-28-17-26(7-12-36(28)42)39-29(18-31-8-13-37(39)43-31)23-46-21-27-5-3-4-6-35(27)41/h3-7,12,17,25,29-34,37-40,43H,8-11,13-16,18-24H2,1-2H3. The fourth-order valence-electron chi connectivity index (χ4n) is 10.8. The van der Waals surface area contributed by atoms with Gasteiger partial charge in [-0.3, -0.25) is 4.90 Å². The Morgan fingerprint density at radius 2 is 1.42 bits per heavy atom. The van der Waals surface area contributed by atoms with Gasteiger partial charge < -0.3 is 24.4 Å². The summed E-state index contributed by atoms with van der Waals surface area (Å²) in [6.45, 7) is 2.57. The Balaban J connectivity index is 0.904. The van der Waals surface area contributed by atoms with Crippen LogP contribution in [-0.4, -0.2) is 86.1 Å². The molecule has 8 heteroatoms. The third kappa shape index (κ3) is 6.74. The first-order valence-electron chi connectivity index (χ1n) is 18.9. The zero-order valence-electron chi connectivity index (χ0n) is 28.9. The van der Waals surface area contributed by atoms with Crippen LogP contribution in [-0.2, 0) is 27.4 Å². The van der Waals surface area contributed by atoms with Crippen LogP contribution < -0.4 is 5.32 Å². The Hall–Kier alpha value is -1.94. The van der Waals surface area contributed by atoms with E-state index >= 15 is 4.39 Å². The lowest BCUT2D eigenvalue weighted by atomic mass is 9.77. The lowest BCUT2D eigenvalue weighted by Gasteiger charge is -2.44. The number of halogens is 2. The van der Waals surface area contributed by atoms with Crippen molar-refractivity contribution in [2.45, 2.75) is 126 Å². The van der Waals surface area contributed by atoms with Gasteiger partial charge in [-0.05, 0) is 108 Å². The maximum absolute atomic E-state index is 15.3. The second-order valence-electron chi connectivity index (χ2n) is 16.2. The highest BCUT2D eigenvalue weighted by Crippen LogP contribution is 2.44. The third-order valence-corrected chi connectivity index (χ3v) is 13.4. The quantitative estimate of drug-likeness (QED) is 0.274. The molecular weight excluding hydrogens is 608 g/mol. The first-order valence-corrected chi connectivity index (χ1v) is 18.9. The predicted molar refractivity (Wildman–Crippen MR) is 183 cm³/mol. The molecule has 6 aliphatic heterocycles. The molecule has 6 nitrogen and oxygen atoms in total. The fraction of sp³-hybridized carbons (Fsp3) is 0.700. The summed E-state index contributed by atoms with van der Waals surface area (Å²) in [5.41, 5.74) is 2.37. The van der Waals surface area contributed by atoms with E-state index in [0.717, 1.165) is 49.9 Å². The minimum Gasteiger partial charge on any atom is -0.376 e. The molecule has 6 fully saturated rings. The first-order chi connectivity index (χ1) is 23.4. The van der Waals surface area contributed by atoms with Crippen LogP contribution in [0.4, 0.5) is 8.78 Å². The molecule has 0 aliphatic carbocycles. The molecular formula is C40H55F2N3O3. The molecule has 10 unspecified atom stereocenters. The number of piperidine rings is 3. The van der Waals surface area contributed by atoms with E-state index in [9.17, 15) is 4.39 Å². The summed E-state index contributed by atoms with van der Waals surface area (Å²) < 4.78 is 49.0. The number of likely N-dealkylation sites (N-methyl/N-ethyl adjacent to an activating group) is 1. The fourth-order valence-corrected chi connectivity index (χ4v) is 10.8. The van der Waals surface area contributed by atoms with Gasteiger partial charge in [0.25, 0.3) is 0 Å². The minimum absolute atomic E-state index is 0.177. The number of hydrogen-bond acceptors (Lipinski definition) is 6. The Bertz CT molecular complexity index is 1400. The Kier molecular flexibility index (Phi) is 9.93. The van der Waals surface area contributed by atoms with Crippen molar-refractivity contribution in [2.75, 3.05) is 33.9 Å². The number of rotatable bonds is 12. The lowest BCUT2D eigenvalue weighted by Crippen LogP contribution is -2.53. The summed E-state index contributed by atoms with van der Waals surface area (Å²) in [6.07, 6.45) is 12.2. The van der Waals surface area contributed by atoms with Crippen molar-refractivity contribution in [3.05, 3.63) is 70.8 Å². The molecule has 262 valence electrons. The van der Waals surface area contributed by atoms with Crippen LogP contribution in [0.15, 0.2) is 42.5 Å². The normalized spacial score (nSPS) is 37.8. The van der Waals surface area contributed by atoms with Crippen molar-refractivity contribution in [1.29, 1.82) is 0 Å². The average Bonchev–Trinajstić information content (AvgIpc) is 3.63. The van der Waals surface area contributed by atoms with Gasteiger partial charge in [0.1, 0.15) is 11.6 Å². The van der Waals surface area contributed by atoms with E-state index < -0.39 is 0 Å². The van der Waals surface area contributed by atoms with E-state index in [0.29, 0.717) is 66.3 Å². The summed E-state index contributed by atoms with van der Waals surface area (Å²) in [5, 5.41) is 3.81. The highest BCUT2D eigenvalue weighted by atomic mass is 19.1. The highest BCUT2D eigenvalue weighted by Gasteiger charge is 2.47. The largest absolute Gasteiger partial charge is 0.376 e. The second kappa shape index (κ2) is 14.4. The monoisotopic (exact) mass is 663 g/mol. The molecule has 6 aliphatic rings. The van der Waals surface area contributed by atoms with Gasteiger partial charge in [-0.2, -0.15) is 0 Å². The number of fused-ring (bicyclic) bond motifs is 6. The van der Waals surface area contributed by atoms with Crippen LogP contribution in [0, 0.1) is 29.4 Å². The molecule has 6 saturated heterocycles. The van der Waals surface area contributed by atoms with Crippen molar-refractivity contribution >= 4 is 0 Å². The molecule has 10 atom stereocenters. The topological polar surface area (TPSA) is 46.2 Å². The van der Waals surface area contributed by atoms with Gasteiger partial charge in [0.15, 0.2) is 0 Å². The van der Waals surface area contributed by atoms with Crippen LogP contribution in [0.2, 0.25) is 0 Å². The van der Waals surface area contributed by atoms with E-state index in [1.54, 1.807) is 18.2 Å². The maximum atomic E-state index is 15.3. The van der Waals surface area contributed by atoms with Crippen molar-refractivity contribution in [2.24, 2.45) is 17.8 Å². The smallest absolute Gasteiger partial charge is 0.128 e. The zero-order valence-corrected chi connectivity index (χ0v) is 28.9. The summed E-state index contributed by atoms with van der Waals surface area (Å²) in [7, 11) is 4.58.